The molecule has 0 aliphatic heterocycles. The van der Waals surface area contributed by atoms with Crippen LogP contribution in [0.25, 0.3) is 0 Å². The van der Waals surface area contributed by atoms with Crippen molar-refractivity contribution in [3.05, 3.63) is 11.6 Å². The molecule has 11 heavy (non-hydrogen) atoms. The summed E-state index contributed by atoms with van der Waals surface area (Å²) in [5.41, 5.74) is 1.73. The van der Waals surface area contributed by atoms with Gasteiger partial charge in [0, 0.05) is 0 Å². The average molecular weight is 150 g/mol. The highest BCUT2D eigenvalue weighted by Crippen LogP contribution is 2.45. The molecule has 2 rings (SSSR count). The monoisotopic (exact) mass is 150 g/mol. The zero-order chi connectivity index (χ0) is 7.68. The molecule has 2 unspecified atom stereocenters. The topological polar surface area (TPSA) is 0 Å². The Bertz CT molecular complexity index is 161. The molecule has 0 saturated heterocycles. The Morgan fingerprint density at radius 2 is 2.18 bits per heavy atom. The van der Waals surface area contributed by atoms with Crippen molar-refractivity contribution in [3.8, 4) is 0 Å². The standard InChI is InChI=1S/C11H18/c1-2-3-10-8-11(10)7-6-9-4-5-9/h6,10-11H,2-5,7-8H2,1H3. The maximum atomic E-state index is 2.50. The third kappa shape index (κ3) is 2.08. The Kier molecular flexibility index (Phi) is 2.02. The maximum absolute atomic E-state index is 2.50. The van der Waals surface area contributed by atoms with Crippen molar-refractivity contribution in [1.82, 2.24) is 0 Å². The van der Waals surface area contributed by atoms with Crippen LogP contribution in [-0.2, 0) is 0 Å². The first-order chi connectivity index (χ1) is 5.40. The second kappa shape index (κ2) is 3.00. The summed E-state index contributed by atoms with van der Waals surface area (Å²) in [6, 6.07) is 0. The molecule has 62 valence electrons. The molecule has 0 aromatic heterocycles. The smallest absolute Gasteiger partial charge is 0.0283 e. The van der Waals surface area contributed by atoms with Crippen LogP contribution in [0.2, 0.25) is 0 Å². The van der Waals surface area contributed by atoms with E-state index in [0.717, 1.165) is 11.8 Å². The van der Waals surface area contributed by atoms with Crippen LogP contribution in [0, 0.1) is 11.8 Å². The van der Waals surface area contributed by atoms with Crippen LogP contribution in [0.1, 0.15) is 45.4 Å². The molecule has 0 nitrogen and oxygen atoms in total. The fraction of sp³-hybridized carbons (Fsp3) is 0.818. The SMILES string of the molecule is CCCC1CC1CC=C1CC1. The van der Waals surface area contributed by atoms with Gasteiger partial charge in [-0.1, -0.05) is 31.4 Å². The number of allylic oxidation sites excluding steroid dienone is 2. The van der Waals surface area contributed by atoms with Crippen LogP contribution in [0.4, 0.5) is 0 Å². The summed E-state index contributed by atoms with van der Waals surface area (Å²) in [5, 5.41) is 0. The van der Waals surface area contributed by atoms with E-state index < -0.39 is 0 Å². The molecule has 0 spiro atoms. The molecule has 0 amide bonds. The molecule has 2 atom stereocenters. The van der Waals surface area contributed by atoms with Gasteiger partial charge in [-0.25, -0.2) is 0 Å². The predicted octanol–water partition coefficient (Wildman–Crippen LogP) is 3.53. The van der Waals surface area contributed by atoms with Gasteiger partial charge in [0.2, 0.25) is 0 Å². The molecular formula is C11H18. The van der Waals surface area contributed by atoms with Gasteiger partial charge in [0.05, 0.1) is 0 Å². The highest BCUT2D eigenvalue weighted by Gasteiger charge is 2.34. The number of rotatable bonds is 4. The van der Waals surface area contributed by atoms with Crippen LogP contribution in [0.5, 0.6) is 0 Å². The fourth-order valence-corrected chi connectivity index (χ4v) is 1.92. The number of hydrogen-bond donors (Lipinski definition) is 0. The van der Waals surface area contributed by atoms with Crippen molar-refractivity contribution in [2.24, 2.45) is 11.8 Å². The maximum Gasteiger partial charge on any atom is -0.0283 e. The minimum Gasteiger partial charge on any atom is -0.0850 e. The van der Waals surface area contributed by atoms with Crippen molar-refractivity contribution >= 4 is 0 Å². The van der Waals surface area contributed by atoms with Crippen molar-refractivity contribution < 1.29 is 0 Å². The molecule has 0 N–H and O–H groups in total. The van der Waals surface area contributed by atoms with E-state index in [2.05, 4.69) is 13.0 Å². The highest BCUT2D eigenvalue weighted by molar-refractivity contribution is 5.16. The molecule has 0 bridgehead atoms. The summed E-state index contributed by atoms with van der Waals surface area (Å²) in [4.78, 5) is 0. The van der Waals surface area contributed by atoms with Crippen molar-refractivity contribution in [1.29, 1.82) is 0 Å². The average Bonchev–Trinajstić information content (AvgIpc) is 2.79. The van der Waals surface area contributed by atoms with Gasteiger partial charge in [0.15, 0.2) is 0 Å². The van der Waals surface area contributed by atoms with Gasteiger partial charge in [0.25, 0.3) is 0 Å². The minimum absolute atomic E-state index is 1.09. The lowest BCUT2D eigenvalue weighted by Gasteiger charge is -1.92. The molecule has 2 fully saturated rings. The molecule has 0 radical (unpaired) electrons. The van der Waals surface area contributed by atoms with E-state index in [0.29, 0.717) is 0 Å². The Morgan fingerprint density at radius 1 is 1.36 bits per heavy atom. The lowest BCUT2D eigenvalue weighted by Crippen LogP contribution is -1.79. The molecule has 2 saturated carbocycles. The van der Waals surface area contributed by atoms with Gasteiger partial charge in [-0.05, 0) is 37.5 Å². The van der Waals surface area contributed by atoms with Gasteiger partial charge in [-0.15, -0.1) is 0 Å². The number of hydrogen-bond acceptors (Lipinski definition) is 0. The van der Waals surface area contributed by atoms with E-state index in [4.69, 9.17) is 0 Å². The van der Waals surface area contributed by atoms with Crippen molar-refractivity contribution in [3.63, 3.8) is 0 Å². The van der Waals surface area contributed by atoms with Crippen LogP contribution < -0.4 is 0 Å². The van der Waals surface area contributed by atoms with E-state index in [9.17, 15) is 0 Å². The molecule has 0 aromatic carbocycles. The summed E-state index contributed by atoms with van der Waals surface area (Å²) in [5.74, 6) is 2.19. The van der Waals surface area contributed by atoms with Crippen LogP contribution in [-0.4, -0.2) is 0 Å². The fourth-order valence-electron chi connectivity index (χ4n) is 1.92. The van der Waals surface area contributed by atoms with Gasteiger partial charge < -0.3 is 0 Å². The lowest BCUT2D eigenvalue weighted by atomic mass is 10.1. The van der Waals surface area contributed by atoms with Gasteiger partial charge in [-0.3, -0.25) is 0 Å². The molecule has 2 aliphatic rings. The van der Waals surface area contributed by atoms with Gasteiger partial charge in [0.1, 0.15) is 0 Å². The third-order valence-corrected chi connectivity index (χ3v) is 2.98. The first kappa shape index (κ1) is 7.39. The normalized spacial score (nSPS) is 33.7. The van der Waals surface area contributed by atoms with E-state index in [1.807, 2.05) is 0 Å². The van der Waals surface area contributed by atoms with Gasteiger partial charge in [-0.2, -0.15) is 0 Å². The van der Waals surface area contributed by atoms with E-state index in [1.54, 1.807) is 5.57 Å². The highest BCUT2D eigenvalue weighted by atomic mass is 14.4. The van der Waals surface area contributed by atoms with E-state index >= 15 is 0 Å². The Balaban J connectivity index is 1.63. The first-order valence-electron chi connectivity index (χ1n) is 5.08. The van der Waals surface area contributed by atoms with E-state index in [-0.39, 0.29) is 0 Å². The zero-order valence-electron chi connectivity index (χ0n) is 7.47. The quantitative estimate of drug-likeness (QED) is 0.538. The summed E-state index contributed by atoms with van der Waals surface area (Å²) in [6.07, 6.45) is 11.1. The largest absolute Gasteiger partial charge is 0.0850 e. The minimum atomic E-state index is 1.09. The predicted molar refractivity (Wildman–Crippen MR) is 48.4 cm³/mol. The summed E-state index contributed by atoms with van der Waals surface area (Å²) < 4.78 is 0. The summed E-state index contributed by atoms with van der Waals surface area (Å²) in [6.45, 7) is 2.30. The van der Waals surface area contributed by atoms with E-state index in [1.165, 1.54) is 38.5 Å². The van der Waals surface area contributed by atoms with Crippen molar-refractivity contribution in [2.75, 3.05) is 0 Å². The third-order valence-electron chi connectivity index (χ3n) is 2.98. The van der Waals surface area contributed by atoms with Crippen LogP contribution in [0.3, 0.4) is 0 Å². The Morgan fingerprint density at radius 3 is 2.82 bits per heavy atom. The first-order valence-corrected chi connectivity index (χ1v) is 5.08. The Hall–Kier alpha value is -0.260. The second-order valence-corrected chi connectivity index (χ2v) is 4.14. The lowest BCUT2D eigenvalue weighted by molar-refractivity contribution is 0.637. The molecule has 0 heteroatoms. The molecular weight excluding hydrogens is 132 g/mol. The van der Waals surface area contributed by atoms with Gasteiger partial charge >= 0.3 is 0 Å². The zero-order valence-corrected chi connectivity index (χ0v) is 7.47. The molecule has 0 heterocycles. The molecule has 0 aromatic rings. The molecule has 2 aliphatic carbocycles. The van der Waals surface area contributed by atoms with Crippen LogP contribution in [0.15, 0.2) is 11.6 Å². The summed E-state index contributed by atoms with van der Waals surface area (Å²) in [7, 11) is 0. The second-order valence-electron chi connectivity index (χ2n) is 4.14. The summed E-state index contributed by atoms with van der Waals surface area (Å²) >= 11 is 0. The van der Waals surface area contributed by atoms with Crippen molar-refractivity contribution in [2.45, 2.75) is 45.4 Å². The van der Waals surface area contributed by atoms with Crippen LogP contribution >= 0.6 is 0 Å². The Labute approximate surface area is 69.7 Å².